The number of hydrogen-bond acceptors (Lipinski definition) is 7. The van der Waals surface area contributed by atoms with Crippen LogP contribution < -0.4 is 5.32 Å². The highest BCUT2D eigenvalue weighted by atomic mass is 32.2. The topological polar surface area (TPSA) is 141 Å². The summed E-state index contributed by atoms with van der Waals surface area (Å²) in [5, 5.41) is 21.9. The second-order valence-electron chi connectivity index (χ2n) is 11.6. The van der Waals surface area contributed by atoms with Gasteiger partial charge in [0.1, 0.15) is 12.1 Å². The van der Waals surface area contributed by atoms with Gasteiger partial charge in [-0.05, 0) is 31.1 Å². The molecule has 4 atom stereocenters. The van der Waals surface area contributed by atoms with Crippen molar-refractivity contribution in [3.63, 3.8) is 0 Å². The summed E-state index contributed by atoms with van der Waals surface area (Å²) >= 11 is 0. The van der Waals surface area contributed by atoms with Gasteiger partial charge in [0, 0.05) is 58.3 Å². The van der Waals surface area contributed by atoms with Crippen LogP contribution in [0.25, 0.3) is 0 Å². The Balaban J connectivity index is 1.49. The molecule has 1 saturated carbocycles. The number of carbonyl (C=O) groups excluding carboxylic acids is 2. The first-order valence-electron chi connectivity index (χ1n) is 12.7. The Morgan fingerprint density at radius 1 is 1.19 bits per heavy atom. The van der Waals surface area contributed by atoms with Crippen molar-refractivity contribution in [1.29, 1.82) is 0 Å². The van der Waals surface area contributed by atoms with Crippen molar-refractivity contribution in [3.8, 4) is 0 Å². The number of nitrogens with one attached hydrogen (secondary N) is 1. The van der Waals surface area contributed by atoms with Crippen LogP contribution in [0.2, 0.25) is 0 Å². The molecule has 3 aliphatic rings. The van der Waals surface area contributed by atoms with Gasteiger partial charge in [-0.1, -0.05) is 26.0 Å². The molecule has 202 valence electrons. The number of aromatic nitrogens is 3. The number of aliphatic hydroxyl groups excluding tert-OH is 1. The minimum Gasteiger partial charge on any atom is -0.391 e. The maximum Gasteiger partial charge on any atom is 0.281 e. The molecule has 1 aliphatic carbocycles. The highest BCUT2D eigenvalue weighted by Crippen LogP contribution is 2.40. The lowest BCUT2D eigenvalue weighted by molar-refractivity contribution is -0.144. The van der Waals surface area contributed by atoms with E-state index >= 15 is 0 Å². The van der Waals surface area contributed by atoms with Crippen molar-refractivity contribution < 1.29 is 23.1 Å². The fraction of sp³-hybridized carbons (Fsp3) is 0.826. The average molecular weight is 526 g/mol. The molecule has 2 aliphatic heterocycles. The van der Waals surface area contributed by atoms with E-state index < -0.39 is 33.8 Å². The molecule has 0 spiro atoms. The van der Waals surface area contributed by atoms with Crippen molar-refractivity contribution in [3.05, 3.63) is 11.9 Å². The van der Waals surface area contributed by atoms with Crippen LogP contribution in [0.15, 0.2) is 6.20 Å². The Morgan fingerprint density at radius 3 is 2.50 bits per heavy atom. The van der Waals surface area contributed by atoms with E-state index in [1.165, 1.54) is 23.3 Å². The van der Waals surface area contributed by atoms with Crippen molar-refractivity contribution in [2.45, 2.75) is 83.0 Å². The van der Waals surface area contributed by atoms with Crippen LogP contribution in [0, 0.1) is 5.41 Å². The number of hydrogen-bond donors (Lipinski definition) is 2. The van der Waals surface area contributed by atoms with Crippen LogP contribution in [0.5, 0.6) is 0 Å². The first-order chi connectivity index (χ1) is 16.8. The Labute approximate surface area is 213 Å². The highest BCUT2D eigenvalue weighted by Gasteiger charge is 2.46. The lowest BCUT2D eigenvalue weighted by Crippen LogP contribution is -2.56. The van der Waals surface area contributed by atoms with Gasteiger partial charge in [-0.15, -0.1) is 5.10 Å². The Kier molecular flexibility index (Phi) is 7.48. The minimum atomic E-state index is -3.58. The van der Waals surface area contributed by atoms with Gasteiger partial charge >= 0.3 is 0 Å². The second-order valence-corrected chi connectivity index (χ2v) is 13.7. The second kappa shape index (κ2) is 9.99. The quantitative estimate of drug-likeness (QED) is 0.514. The van der Waals surface area contributed by atoms with Gasteiger partial charge in [-0.3, -0.25) is 9.59 Å². The molecule has 0 unspecified atom stereocenters. The normalized spacial score (nSPS) is 26.9. The van der Waals surface area contributed by atoms with E-state index in [-0.39, 0.29) is 37.4 Å². The SMILES string of the molecule is CN(C)S(=O)(=O)N1CCC[C@@H](NC(=O)[C@@H]2C[C@@H](O)CN2C(=O)[C@@H](n2cc(C3CC3)nn2)C(C)(C)C)C1. The number of amides is 2. The summed E-state index contributed by atoms with van der Waals surface area (Å²) in [6.45, 7) is 6.45. The molecule has 2 N–H and O–H groups in total. The van der Waals surface area contributed by atoms with Gasteiger partial charge in [-0.2, -0.15) is 17.0 Å². The number of nitrogens with zero attached hydrogens (tertiary/aromatic N) is 6. The third kappa shape index (κ3) is 5.58. The number of piperidine rings is 1. The molecule has 12 nitrogen and oxygen atoms in total. The van der Waals surface area contributed by atoms with Crippen molar-refractivity contribution in [2.24, 2.45) is 5.41 Å². The summed E-state index contributed by atoms with van der Waals surface area (Å²) in [5.74, 6) is -0.265. The summed E-state index contributed by atoms with van der Waals surface area (Å²) in [4.78, 5) is 28.6. The molecule has 3 fully saturated rings. The zero-order valence-corrected chi connectivity index (χ0v) is 22.6. The molecule has 0 bridgehead atoms. The molecule has 1 aromatic heterocycles. The predicted molar refractivity (Wildman–Crippen MR) is 132 cm³/mol. The Bertz CT molecular complexity index is 1080. The van der Waals surface area contributed by atoms with E-state index in [0.29, 0.717) is 25.3 Å². The smallest absolute Gasteiger partial charge is 0.281 e. The zero-order valence-electron chi connectivity index (χ0n) is 21.8. The molecular weight excluding hydrogens is 486 g/mol. The number of rotatable bonds is 7. The molecule has 2 saturated heterocycles. The van der Waals surface area contributed by atoms with Crippen molar-refractivity contribution in [1.82, 2.24) is 33.8 Å². The van der Waals surface area contributed by atoms with Crippen LogP contribution in [0.4, 0.5) is 0 Å². The molecule has 0 radical (unpaired) electrons. The van der Waals surface area contributed by atoms with Crippen molar-refractivity contribution in [2.75, 3.05) is 33.7 Å². The molecular formula is C23H39N7O5S. The van der Waals surface area contributed by atoms with Gasteiger partial charge in [0.15, 0.2) is 0 Å². The summed E-state index contributed by atoms with van der Waals surface area (Å²) in [6.07, 6.45) is 4.54. The van der Waals surface area contributed by atoms with E-state index in [0.717, 1.165) is 22.8 Å². The van der Waals surface area contributed by atoms with E-state index in [1.807, 2.05) is 27.0 Å². The molecule has 2 amide bonds. The summed E-state index contributed by atoms with van der Waals surface area (Å²) < 4.78 is 29.2. The largest absolute Gasteiger partial charge is 0.391 e. The van der Waals surface area contributed by atoms with Gasteiger partial charge in [-0.25, -0.2) is 4.68 Å². The van der Waals surface area contributed by atoms with Gasteiger partial charge in [0.05, 0.1) is 11.8 Å². The third-order valence-electron chi connectivity index (χ3n) is 7.23. The zero-order chi connectivity index (χ0) is 26.4. The maximum atomic E-state index is 13.9. The molecule has 0 aromatic carbocycles. The number of β-amino-alcohol motifs (C(OH)–C–C–N with tert-alkyl or cyclic N) is 1. The summed E-state index contributed by atoms with van der Waals surface area (Å²) in [5.41, 5.74) is 0.368. The Morgan fingerprint density at radius 2 is 1.89 bits per heavy atom. The molecule has 4 rings (SSSR count). The Hall–Kier alpha value is -2.09. The lowest BCUT2D eigenvalue weighted by atomic mass is 9.85. The number of likely N-dealkylation sites (tertiary alicyclic amines) is 1. The van der Waals surface area contributed by atoms with E-state index in [1.54, 1.807) is 4.68 Å². The van der Waals surface area contributed by atoms with E-state index in [4.69, 9.17) is 0 Å². The summed E-state index contributed by atoms with van der Waals surface area (Å²) in [7, 11) is -0.621. The van der Waals surface area contributed by atoms with Crippen LogP contribution in [0.3, 0.4) is 0 Å². The number of aliphatic hydroxyl groups is 1. The van der Waals surface area contributed by atoms with Gasteiger partial charge < -0.3 is 15.3 Å². The van der Waals surface area contributed by atoms with Crippen LogP contribution in [-0.2, 0) is 19.8 Å². The molecule has 13 heteroatoms. The van der Waals surface area contributed by atoms with Crippen LogP contribution >= 0.6 is 0 Å². The first kappa shape index (κ1) is 27.0. The average Bonchev–Trinajstić information content (AvgIpc) is 3.40. The monoisotopic (exact) mass is 525 g/mol. The molecule has 1 aromatic rings. The first-order valence-corrected chi connectivity index (χ1v) is 14.1. The van der Waals surface area contributed by atoms with Crippen LogP contribution in [-0.4, -0.2) is 106 Å². The molecule has 36 heavy (non-hydrogen) atoms. The van der Waals surface area contributed by atoms with E-state index in [9.17, 15) is 23.1 Å². The summed E-state index contributed by atoms with van der Waals surface area (Å²) in [6, 6.07) is -1.90. The van der Waals surface area contributed by atoms with E-state index in [2.05, 4.69) is 15.6 Å². The van der Waals surface area contributed by atoms with Gasteiger partial charge in [0.2, 0.25) is 11.8 Å². The fourth-order valence-electron chi connectivity index (χ4n) is 5.12. The van der Waals surface area contributed by atoms with Gasteiger partial charge in [0.25, 0.3) is 10.2 Å². The number of carbonyl (C=O) groups is 2. The maximum absolute atomic E-state index is 13.9. The highest BCUT2D eigenvalue weighted by molar-refractivity contribution is 7.86. The minimum absolute atomic E-state index is 0.0550. The lowest BCUT2D eigenvalue weighted by Gasteiger charge is -2.36. The standard InChI is InChI=1S/C23H39N7O5S/c1-23(2,3)20(30-14-18(25-26-30)15-8-9-15)22(33)29-13-17(31)11-19(29)21(32)24-16-7-6-10-28(12-16)36(34,35)27(4)5/h14-17,19-20,31H,6-13H2,1-5H3,(H,24,32)/t16-,17-,19+,20-/m1/s1. The van der Waals surface area contributed by atoms with Crippen molar-refractivity contribution >= 4 is 22.0 Å². The third-order valence-corrected chi connectivity index (χ3v) is 9.13. The molecule has 3 heterocycles. The fourth-order valence-corrected chi connectivity index (χ4v) is 6.31. The van der Waals surface area contributed by atoms with Crippen LogP contribution in [0.1, 0.15) is 70.5 Å². The predicted octanol–water partition coefficient (Wildman–Crippen LogP) is 0.0915.